The standard InChI is InChI=1S/C10H13Br2NOS/c11-8-4-7(15-9(8)12)5-13-6-10(14)2-1-3-10/h4,13-14H,1-3,5-6H2. The molecule has 1 saturated carbocycles. The number of thiophene rings is 1. The van der Waals surface area contributed by atoms with E-state index in [1.165, 1.54) is 4.88 Å². The smallest absolute Gasteiger partial charge is 0.0843 e. The van der Waals surface area contributed by atoms with E-state index in [2.05, 4.69) is 43.2 Å². The second kappa shape index (κ2) is 4.84. The van der Waals surface area contributed by atoms with E-state index in [4.69, 9.17) is 0 Å². The molecule has 1 fully saturated rings. The van der Waals surface area contributed by atoms with E-state index >= 15 is 0 Å². The summed E-state index contributed by atoms with van der Waals surface area (Å²) >= 11 is 8.64. The van der Waals surface area contributed by atoms with Crippen LogP contribution in [0.25, 0.3) is 0 Å². The van der Waals surface area contributed by atoms with Crippen LogP contribution in [0.15, 0.2) is 14.3 Å². The Morgan fingerprint density at radius 3 is 2.67 bits per heavy atom. The lowest BCUT2D eigenvalue weighted by atomic mass is 9.80. The third-order valence-corrected chi connectivity index (χ3v) is 5.99. The summed E-state index contributed by atoms with van der Waals surface area (Å²) in [6, 6.07) is 2.10. The van der Waals surface area contributed by atoms with Crippen molar-refractivity contribution in [1.82, 2.24) is 5.32 Å². The van der Waals surface area contributed by atoms with Gasteiger partial charge in [-0.05, 0) is 57.2 Å². The third kappa shape index (κ3) is 3.03. The zero-order valence-electron chi connectivity index (χ0n) is 8.22. The fourth-order valence-electron chi connectivity index (χ4n) is 1.66. The molecule has 1 aliphatic rings. The molecule has 0 bridgehead atoms. The Kier molecular flexibility index (Phi) is 3.88. The first-order chi connectivity index (χ1) is 7.09. The highest BCUT2D eigenvalue weighted by Gasteiger charge is 2.33. The van der Waals surface area contributed by atoms with Crippen LogP contribution < -0.4 is 5.32 Å². The highest BCUT2D eigenvalue weighted by molar-refractivity contribution is 9.13. The van der Waals surface area contributed by atoms with E-state index in [9.17, 15) is 5.11 Å². The third-order valence-electron chi connectivity index (χ3n) is 2.73. The van der Waals surface area contributed by atoms with Gasteiger partial charge in [0.05, 0.1) is 9.39 Å². The summed E-state index contributed by atoms with van der Waals surface area (Å²) in [5, 5.41) is 13.2. The Morgan fingerprint density at radius 2 is 2.20 bits per heavy atom. The Hall–Kier alpha value is 0.580. The molecule has 1 aromatic rings. The quantitative estimate of drug-likeness (QED) is 0.869. The molecule has 0 aromatic carbocycles. The van der Waals surface area contributed by atoms with E-state index in [0.717, 1.165) is 34.1 Å². The molecule has 1 aromatic heterocycles. The van der Waals surface area contributed by atoms with E-state index < -0.39 is 5.60 Å². The lowest BCUT2D eigenvalue weighted by molar-refractivity contribution is -0.0314. The summed E-state index contributed by atoms with van der Waals surface area (Å²) in [4.78, 5) is 1.27. The van der Waals surface area contributed by atoms with Crippen molar-refractivity contribution in [2.75, 3.05) is 6.54 Å². The van der Waals surface area contributed by atoms with Crippen LogP contribution in [0.5, 0.6) is 0 Å². The van der Waals surface area contributed by atoms with Gasteiger partial charge in [0.25, 0.3) is 0 Å². The molecule has 0 amide bonds. The average Bonchev–Trinajstić information content (AvgIpc) is 2.43. The van der Waals surface area contributed by atoms with Gasteiger partial charge in [-0.15, -0.1) is 11.3 Å². The maximum Gasteiger partial charge on any atom is 0.0843 e. The van der Waals surface area contributed by atoms with Gasteiger partial charge >= 0.3 is 0 Å². The van der Waals surface area contributed by atoms with Crippen LogP contribution in [0.2, 0.25) is 0 Å². The predicted molar refractivity (Wildman–Crippen MR) is 70.2 cm³/mol. The number of aliphatic hydroxyl groups is 1. The minimum absolute atomic E-state index is 0.425. The molecule has 2 rings (SSSR count). The van der Waals surface area contributed by atoms with Crippen LogP contribution in [0, 0.1) is 0 Å². The van der Waals surface area contributed by atoms with E-state index in [1.807, 2.05) is 0 Å². The van der Waals surface area contributed by atoms with Gasteiger partial charge in [0.2, 0.25) is 0 Å². The molecule has 84 valence electrons. The van der Waals surface area contributed by atoms with Crippen molar-refractivity contribution >= 4 is 43.2 Å². The van der Waals surface area contributed by atoms with Crippen molar-refractivity contribution in [3.8, 4) is 0 Å². The van der Waals surface area contributed by atoms with Crippen molar-refractivity contribution in [3.05, 3.63) is 19.2 Å². The topological polar surface area (TPSA) is 32.3 Å². The molecule has 2 N–H and O–H groups in total. The van der Waals surface area contributed by atoms with Crippen LogP contribution >= 0.6 is 43.2 Å². The lowest BCUT2D eigenvalue weighted by Gasteiger charge is -2.36. The van der Waals surface area contributed by atoms with E-state index in [-0.39, 0.29) is 0 Å². The van der Waals surface area contributed by atoms with Gasteiger partial charge in [0.1, 0.15) is 0 Å². The van der Waals surface area contributed by atoms with Gasteiger partial charge in [-0.2, -0.15) is 0 Å². The first-order valence-corrected chi connectivity index (χ1v) is 7.36. The minimum Gasteiger partial charge on any atom is -0.389 e. The SMILES string of the molecule is OC1(CNCc2cc(Br)c(Br)s2)CCC1. The monoisotopic (exact) mass is 353 g/mol. The fourth-order valence-corrected chi connectivity index (χ4v) is 3.81. The summed E-state index contributed by atoms with van der Waals surface area (Å²) in [5.41, 5.74) is -0.425. The number of hydrogen-bond donors (Lipinski definition) is 2. The predicted octanol–water partition coefficient (Wildman–Crippen LogP) is 3.28. The molecule has 0 aliphatic heterocycles. The van der Waals surface area contributed by atoms with Crippen LogP contribution in [0.1, 0.15) is 24.1 Å². The summed E-state index contributed by atoms with van der Waals surface area (Å²) in [6.07, 6.45) is 3.05. The summed E-state index contributed by atoms with van der Waals surface area (Å²) in [6.45, 7) is 1.54. The normalized spacial score (nSPS) is 18.9. The van der Waals surface area contributed by atoms with Crippen molar-refractivity contribution in [3.63, 3.8) is 0 Å². The molecule has 15 heavy (non-hydrogen) atoms. The van der Waals surface area contributed by atoms with E-state index in [0.29, 0.717) is 6.54 Å². The van der Waals surface area contributed by atoms with E-state index in [1.54, 1.807) is 11.3 Å². The largest absolute Gasteiger partial charge is 0.389 e. The molecular formula is C10H13Br2NOS. The second-order valence-electron chi connectivity index (χ2n) is 4.02. The first-order valence-electron chi connectivity index (χ1n) is 4.96. The lowest BCUT2D eigenvalue weighted by Crippen LogP contribution is -2.45. The summed E-state index contributed by atoms with van der Waals surface area (Å²) in [7, 11) is 0. The molecule has 1 aliphatic carbocycles. The zero-order valence-corrected chi connectivity index (χ0v) is 12.2. The molecule has 5 heteroatoms. The molecule has 2 nitrogen and oxygen atoms in total. The Balaban J connectivity index is 1.78. The van der Waals surface area contributed by atoms with Gasteiger partial charge in [0, 0.05) is 22.4 Å². The van der Waals surface area contributed by atoms with Gasteiger partial charge in [-0.3, -0.25) is 0 Å². The van der Waals surface area contributed by atoms with Crippen LogP contribution in [0.3, 0.4) is 0 Å². The average molecular weight is 355 g/mol. The number of halogens is 2. The minimum atomic E-state index is -0.425. The molecule has 1 heterocycles. The summed E-state index contributed by atoms with van der Waals surface area (Å²) < 4.78 is 2.23. The van der Waals surface area contributed by atoms with Gasteiger partial charge in [0.15, 0.2) is 0 Å². The van der Waals surface area contributed by atoms with Crippen molar-refractivity contribution in [1.29, 1.82) is 0 Å². The Bertz CT molecular complexity index is 330. The number of hydrogen-bond acceptors (Lipinski definition) is 3. The molecular weight excluding hydrogens is 342 g/mol. The van der Waals surface area contributed by atoms with Crippen LogP contribution in [0.4, 0.5) is 0 Å². The van der Waals surface area contributed by atoms with Crippen LogP contribution in [-0.2, 0) is 6.54 Å². The van der Waals surface area contributed by atoms with Crippen molar-refractivity contribution in [2.24, 2.45) is 0 Å². The molecule has 0 radical (unpaired) electrons. The first kappa shape index (κ1) is 12.0. The fraction of sp³-hybridized carbons (Fsp3) is 0.600. The van der Waals surface area contributed by atoms with Crippen molar-refractivity contribution in [2.45, 2.75) is 31.4 Å². The Morgan fingerprint density at radius 1 is 1.47 bits per heavy atom. The highest BCUT2D eigenvalue weighted by atomic mass is 79.9. The molecule has 0 atom stereocenters. The summed E-state index contributed by atoms with van der Waals surface area (Å²) in [5.74, 6) is 0. The molecule has 0 saturated heterocycles. The number of nitrogens with one attached hydrogen (secondary N) is 1. The van der Waals surface area contributed by atoms with Gasteiger partial charge < -0.3 is 10.4 Å². The van der Waals surface area contributed by atoms with Crippen LogP contribution in [-0.4, -0.2) is 17.3 Å². The molecule has 0 spiro atoms. The highest BCUT2D eigenvalue weighted by Crippen LogP contribution is 2.33. The maximum atomic E-state index is 9.87. The van der Waals surface area contributed by atoms with Gasteiger partial charge in [-0.1, -0.05) is 0 Å². The Labute approximate surface area is 110 Å². The second-order valence-corrected chi connectivity index (χ2v) is 7.32. The molecule has 0 unspecified atom stereocenters. The maximum absolute atomic E-state index is 9.87. The van der Waals surface area contributed by atoms with Gasteiger partial charge in [-0.25, -0.2) is 0 Å². The zero-order chi connectivity index (χ0) is 10.9. The van der Waals surface area contributed by atoms with Crippen molar-refractivity contribution < 1.29 is 5.11 Å². The number of rotatable bonds is 4.